The van der Waals surface area contributed by atoms with Gasteiger partial charge in [-0.2, -0.15) is 0 Å². The van der Waals surface area contributed by atoms with Crippen LogP contribution in [0.1, 0.15) is 168 Å². The van der Waals surface area contributed by atoms with Crippen molar-refractivity contribution >= 4 is 17.9 Å². The van der Waals surface area contributed by atoms with Crippen LogP contribution in [0.4, 0.5) is 0 Å². The fraction of sp³-hybridized carbons (Fsp3) is 0.805. The van der Waals surface area contributed by atoms with E-state index in [4.69, 9.17) is 14.2 Å². The van der Waals surface area contributed by atoms with Crippen LogP contribution in [0, 0.1) is 12.3 Å². The molecule has 0 heterocycles. The van der Waals surface area contributed by atoms with Gasteiger partial charge in [0.15, 0.2) is 0 Å². The van der Waals surface area contributed by atoms with E-state index < -0.39 is 5.41 Å². The molecule has 0 amide bonds. The van der Waals surface area contributed by atoms with Crippen LogP contribution in [0.3, 0.4) is 0 Å². The summed E-state index contributed by atoms with van der Waals surface area (Å²) in [5, 5.41) is 0. The summed E-state index contributed by atoms with van der Waals surface area (Å²) in [5.41, 5.74) is -1.04. The molecule has 7 nitrogen and oxygen atoms in total. The maximum absolute atomic E-state index is 12.5. The summed E-state index contributed by atoms with van der Waals surface area (Å²) >= 11 is 0. The van der Waals surface area contributed by atoms with E-state index in [1.165, 1.54) is 64.2 Å². The van der Waals surface area contributed by atoms with E-state index in [1.807, 2.05) is 14.1 Å². The van der Waals surface area contributed by atoms with Crippen molar-refractivity contribution in [3.63, 3.8) is 0 Å². The second-order valence-electron chi connectivity index (χ2n) is 13.9. The number of unbranched alkanes of at least 4 members (excludes halogenated alkanes) is 16. The van der Waals surface area contributed by atoms with Crippen LogP contribution in [-0.4, -0.2) is 63.3 Å². The largest absolute Gasteiger partial charge is 0.465 e. The number of allylic oxidation sites excluding steroid dienone is 4. The number of nitrogens with zero attached hydrogens (tertiary/aromatic N) is 1. The first kappa shape index (κ1) is 45.9. The first-order chi connectivity index (χ1) is 23.2. The number of carbonyl (C=O) groups is 3. The number of hydrogen-bond donors (Lipinski definition) is 0. The maximum Gasteiger partial charge on any atom is 0.305 e. The first-order valence-electron chi connectivity index (χ1n) is 19.5. The molecule has 1 radical (unpaired) electrons. The van der Waals surface area contributed by atoms with Gasteiger partial charge in [-0.3, -0.25) is 14.4 Å². The van der Waals surface area contributed by atoms with Gasteiger partial charge in [-0.05, 0) is 91.8 Å². The number of rotatable bonds is 34. The van der Waals surface area contributed by atoms with Gasteiger partial charge < -0.3 is 19.1 Å². The second-order valence-corrected chi connectivity index (χ2v) is 13.9. The number of carbonyl (C=O) groups excluding carboxylic acids is 3. The molecule has 0 saturated carbocycles. The fourth-order valence-electron chi connectivity index (χ4n) is 5.16. The predicted molar refractivity (Wildman–Crippen MR) is 200 cm³/mol. The summed E-state index contributed by atoms with van der Waals surface area (Å²) in [7, 11) is 4.07. The molecule has 0 aliphatic heterocycles. The lowest BCUT2D eigenvalue weighted by molar-refractivity contribution is -0.158. The van der Waals surface area contributed by atoms with Crippen molar-refractivity contribution in [1.29, 1.82) is 0 Å². The highest BCUT2D eigenvalue weighted by molar-refractivity contribution is 5.70. The van der Waals surface area contributed by atoms with Gasteiger partial charge >= 0.3 is 17.9 Å². The molecule has 0 fully saturated rings. The van der Waals surface area contributed by atoms with Crippen molar-refractivity contribution in [1.82, 2.24) is 4.90 Å². The SMILES string of the molecule is [CH2]C(COC(=O)CCCCCCC/C=C\CCCC)(COC(=O)CCCCCCC/C=C\CCCC)COC(=O)CCCCCN(C)C. The van der Waals surface area contributed by atoms with Crippen LogP contribution in [0.25, 0.3) is 0 Å². The van der Waals surface area contributed by atoms with Crippen LogP contribution >= 0.6 is 0 Å². The van der Waals surface area contributed by atoms with Crippen molar-refractivity contribution in [3.8, 4) is 0 Å². The highest BCUT2D eigenvalue weighted by Gasteiger charge is 2.31. The Morgan fingerprint density at radius 2 is 0.812 bits per heavy atom. The Kier molecular flexibility index (Phi) is 31.9. The highest BCUT2D eigenvalue weighted by atomic mass is 16.6. The molecule has 0 bridgehead atoms. The molecule has 0 N–H and O–H groups in total. The number of ether oxygens (including phenoxy) is 3. The van der Waals surface area contributed by atoms with Gasteiger partial charge in [0.05, 0.1) is 5.41 Å². The van der Waals surface area contributed by atoms with Crippen molar-refractivity contribution < 1.29 is 28.6 Å². The Morgan fingerprint density at radius 1 is 0.500 bits per heavy atom. The van der Waals surface area contributed by atoms with Gasteiger partial charge in [0.2, 0.25) is 0 Å². The minimum Gasteiger partial charge on any atom is -0.465 e. The van der Waals surface area contributed by atoms with Crippen LogP contribution in [-0.2, 0) is 28.6 Å². The average molecular weight is 677 g/mol. The van der Waals surface area contributed by atoms with E-state index in [0.717, 1.165) is 77.2 Å². The molecule has 0 aromatic carbocycles. The zero-order chi connectivity index (χ0) is 35.6. The molecule has 0 aliphatic carbocycles. The molecule has 0 rings (SSSR count). The summed E-state index contributed by atoms with van der Waals surface area (Å²) in [6.07, 6.45) is 32.9. The van der Waals surface area contributed by atoms with Gasteiger partial charge in [0.25, 0.3) is 0 Å². The lowest BCUT2D eigenvalue weighted by atomic mass is 9.94. The van der Waals surface area contributed by atoms with Crippen molar-refractivity contribution in [2.24, 2.45) is 5.41 Å². The summed E-state index contributed by atoms with van der Waals surface area (Å²) in [6.45, 7) is 9.41. The smallest absolute Gasteiger partial charge is 0.305 e. The molecule has 0 atom stereocenters. The Bertz CT molecular complexity index is 789. The number of esters is 3. The van der Waals surface area contributed by atoms with Gasteiger partial charge in [0, 0.05) is 19.3 Å². The van der Waals surface area contributed by atoms with Gasteiger partial charge in [-0.15, -0.1) is 0 Å². The molecule has 279 valence electrons. The monoisotopic (exact) mass is 677 g/mol. The normalized spacial score (nSPS) is 12.0. The van der Waals surface area contributed by atoms with E-state index in [-0.39, 0.29) is 37.7 Å². The van der Waals surface area contributed by atoms with Gasteiger partial charge in [0.1, 0.15) is 19.8 Å². The van der Waals surface area contributed by atoms with Crippen molar-refractivity contribution in [3.05, 3.63) is 31.2 Å². The fourth-order valence-corrected chi connectivity index (χ4v) is 5.16. The number of hydrogen-bond acceptors (Lipinski definition) is 7. The molecule has 0 saturated heterocycles. The molecule has 7 heteroatoms. The Labute approximate surface area is 296 Å². The molecular weight excluding hydrogens is 602 g/mol. The molecule has 0 aromatic rings. The van der Waals surface area contributed by atoms with Crippen molar-refractivity contribution in [2.45, 2.75) is 168 Å². The third-order valence-corrected chi connectivity index (χ3v) is 8.39. The zero-order valence-electron chi connectivity index (χ0n) is 31.7. The lowest BCUT2D eigenvalue weighted by Gasteiger charge is -2.28. The average Bonchev–Trinajstić information content (AvgIpc) is 3.06. The van der Waals surface area contributed by atoms with Crippen LogP contribution in [0.2, 0.25) is 0 Å². The summed E-state index contributed by atoms with van der Waals surface area (Å²) in [5.74, 6) is -0.896. The van der Waals surface area contributed by atoms with Crippen LogP contribution in [0.15, 0.2) is 24.3 Å². The molecule has 0 aromatic heterocycles. The molecule has 0 unspecified atom stereocenters. The summed E-state index contributed by atoms with van der Waals surface area (Å²) < 4.78 is 16.7. The quantitative estimate of drug-likeness (QED) is 0.0290. The molecule has 48 heavy (non-hydrogen) atoms. The lowest BCUT2D eigenvalue weighted by Crippen LogP contribution is -2.37. The third-order valence-electron chi connectivity index (χ3n) is 8.39. The molecular formula is C41H74NO6. The zero-order valence-corrected chi connectivity index (χ0v) is 31.7. The summed E-state index contributed by atoms with van der Waals surface area (Å²) in [4.78, 5) is 39.6. The molecule has 0 aliphatic rings. The highest BCUT2D eigenvalue weighted by Crippen LogP contribution is 2.20. The second kappa shape index (κ2) is 33.4. The Morgan fingerprint density at radius 3 is 1.17 bits per heavy atom. The van der Waals surface area contributed by atoms with Gasteiger partial charge in [-0.1, -0.05) is 109 Å². The van der Waals surface area contributed by atoms with E-state index in [2.05, 4.69) is 50.0 Å². The first-order valence-corrected chi connectivity index (χ1v) is 19.5. The van der Waals surface area contributed by atoms with E-state index in [0.29, 0.717) is 19.3 Å². The Hall–Kier alpha value is -2.15. The predicted octanol–water partition coefficient (Wildman–Crippen LogP) is 10.5. The van der Waals surface area contributed by atoms with Crippen LogP contribution < -0.4 is 0 Å². The maximum atomic E-state index is 12.5. The van der Waals surface area contributed by atoms with Gasteiger partial charge in [-0.25, -0.2) is 0 Å². The van der Waals surface area contributed by atoms with E-state index in [1.54, 1.807) is 0 Å². The van der Waals surface area contributed by atoms with Crippen LogP contribution in [0.5, 0.6) is 0 Å². The van der Waals surface area contributed by atoms with E-state index >= 15 is 0 Å². The minimum absolute atomic E-state index is 0.0630. The van der Waals surface area contributed by atoms with E-state index in [9.17, 15) is 14.4 Å². The standard InChI is InChI=1S/C41H74NO6/c1-6-8-10-12-14-16-18-20-22-24-27-31-38(43)46-35-41(3,37-48-40(45)33-29-26-30-34-42(4)5)36-47-39(44)32-28-25-23-21-19-17-15-13-11-9-7-2/h12-15H,3,6-11,16-37H2,1-2,4-5H3/b14-12-,15-13-. The molecule has 0 spiro atoms. The van der Waals surface area contributed by atoms with Crippen molar-refractivity contribution in [2.75, 3.05) is 40.5 Å². The summed E-state index contributed by atoms with van der Waals surface area (Å²) in [6, 6.07) is 0. The third kappa shape index (κ3) is 32.4. The Balaban J connectivity index is 4.51. The topological polar surface area (TPSA) is 82.1 Å². The minimum atomic E-state index is -1.04.